The number of phenolic OH excluding ortho intramolecular Hbond substituents is 1. The summed E-state index contributed by atoms with van der Waals surface area (Å²) in [7, 11) is 0. The Bertz CT molecular complexity index is 1360. The number of pyridine rings is 1. The molecule has 1 aliphatic heterocycles. The van der Waals surface area contributed by atoms with Gasteiger partial charge in [0, 0.05) is 66.3 Å². The molecule has 7 nitrogen and oxygen atoms in total. The number of aryl methyl sites for hydroxylation is 1. The Morgan fingerprint density at radius 2 is 1.62 bits per heavy atom. The lowest BCUT2D eigenvalue weighted by molar-refractivity contribution is 0.0696. The van der Waals surface area contributed by atoms with Crippen LogP contribution in [0.25, 0.3) is 21.7 Å². The van der Waals surface area contributed by atoms with Gasteiger partial charge < -0.3 is 14.6 Å². The Kier molecular flexibility index (Phi) is 5.75. The van der Waals surface area contributed by atoms with Gasteiger partial charge in [-0.2, -0.15) is 0 Å². The van der Waals surface area contributed by atoms with E-state index >= 15 is 0 Å². The van der Waals surface area contributed by atoms with Gasteiger partial charge in [0.25, 0.3) is 0 Å². The van der Waals surface area contributed by atoms with Crippen LogP contribution in [0, 0.1) is 6.92 Å². The monoisotopic (exact) mass is 459 g/mol. The maximum absolute atomic E-state index is 12.4. The van der Waals surface area contributed by atoms with Crippen molar-refractivity contribution in [3.05, 3.63) is 71.2 Å². The predicted octanol–water partition coefficient (Wildman–Crippen LogP) is 4.81. The van der Waals surface area contributed by atoms with Crippen molar-refractivity contribution in [3.63, 3.8) is 0 Å². The zero-order valence-corrected chi connectivity index (χ0v) is 19.7. The summed E-state index contributed by atoms with van der Waals surface area (Å²) in [6.07, 6.45) is 3.47. The molecule has 0 amide bonds. The number of piperazine rings is 1. The molecule has 0 bridgehead atoms. The Balaban J connectivity index is 1.81. The van der Waals surface area contributed by atoms with Crippen LogP contribution < -0.4 is 0 Å². The lowest BCUT2D eigenvalue weighted by Gasteiger charge is -2.41. The van der Waals surface area contributed by atoms with Gasteiger partial charge >= 0.3 is 5.97 Å². The minimum atomic E-state index is -1.06. The van der Waals surface area contributed by atoms with Gasteiger partial charge in [-0.25, -0.2) is 4.79 Å². The Morgan fingerprint density at radius 1 is 1.00 bits per heavy atom. The molecule has 0 spiro atoms. The number of aromatic nitrogens is 1. The Morgan fingerprint density at radius 3 is 2.24 bits per heavy atom. The summed E-state index contributed by atoms with van der Waals surface area (Å²) >= 11 is 0. The van der Waals surface area contributed by atoms with Gasteiger partial charge in [-0.15, -0.1) is 0 Å². The molecular weight excluding hydrogens is 430 g/mol. The fourth-order valence-electron chi connectivity index (χ4n) is 5.28. The molecule has 2 N–H and O–H groups in total. The van der Waals surface area contributed by atoms with Gasteiger partial charge in [0.2, 0.25) is 0 Å². The molecule has 3 heterocycles. The largest absolute Gasteiger partial charge is 0.507 e. The first-order valence-corrected chi connectivity index (χ1v) is 11.7. The summed E-state index contributed by atoms with van der Waals surface area (Å²) in [4.78, 5) is 21.3. The van der Waals surface area contributed by atoms with Crippen molar-refractivity contribution in [3.8, 4) is 5.75 Å². The average molecular weight is 460 g/mol. The van der Waals surface area contributed by atoms with Crippen LogP contribution in [0.5, 0.6) is 5.75 Å². The quantitative estimate of drug-likeness (QED) is 0.443. The molecular formula is C27H29N3O4. The standard InChI is InChI=1S/C27H29N3O4/c1-16(2)29-12-14-30(15-13-29)24(18-8-10-28-11-9-18)23-22-21(27(32)33)17(3)34-26(22)20-7-5-4-6-19(20)25(23)31/h4-11,16,24,31H,12-15H2,1-3H3,(H,32,33). The van der Waals surface area contributed by atoms with Gasteiger partial charge in [-0.1, -0.05) is 24.3 Å². The SMILES string of the molecule is Cc1oc2c(c1C(=O)O)c(C(c1ccncc1)N1CCN(C(C)C)CC1)c(O)c1ccccc12. The molecule has 1 aliphatic rings. The van der Waals surface area contributed by atoms with Crippen LogP contribution in [0.15, 0.2) is 53.2 Å². The third kappa shape index (κ3) is 3.61. The predicted molar refractivity (Wildman–Crippen MR) is 131 cm³/mol. The van der Waals surface area contributed by atoms with E-state index in [-0.39, 0.29) is 17.4 Å². The van der Waals surface area contributed by atoms with Crippen LogP contribution in [0.2, 0.25) is 0 Å². The number of carboxylic acids is 1. The van der Waals surface area contributed by atoms with E-state index in [2.05, 4.69) is 28.6 Å². The number of carbonyl (C=O) groups is 1. The highest BCUT2D eigenvalue weighted by Crippen LogP contribution is 2.47. The number of fused-ring (bicyclic) bond motifs is 3. The molecule has 7 heteroatoms. The van der Waals surface area contributed by atoms with Gasteiger partial charge in [0.1, 0.15) is 22.7 Å². The summed E-state index contributed by atoms with van der Waals surface area (Å²) < 4.78 is 6.06. The average Bonchev–Trinajstić information content (AvgIpc) is 3.19. The number of carboxylic acid groups (broad SMARTS) is 1. The van der Waals surface area contributed by atoms with Gasteiger partial charge in [0.05, 0.1) is 6.04 Å². The van der Waals surface area contributed by atoms with E-state index in [1.807, 2.05) is 36.4 Å². The summed E-state index contributed by atoms with van der Waals surface area (Å²) in [5.74, 6) is -0.637. The molecule has 2 aromatic heterocycles. The second kappa shape index (κ2) is 8.74. The maximum Gasteiger partial charge on any atom is 0.339 e. The summed E-state index contributed by atoms with van der Waals surface area (Å²) in [6, 6.07) is 11.4. The second-order valence-electron chi connectivity index (χ2n) is 9.20. The van der Waals surface area contributed by atoms with Gasteiger partial charge in [-0.05, 0) is 38.5 Å². The number of aromatic hydroxyl groups is 1. The van der Waals surface area contributed by atoms with Crippen molar-refractivity contribution < 1.29 is 19.4 Å². The van der Waals surface area contributed by atoms with Crippen LogP contribution in [0.3, 0.4) is 0 Å². The normalized spacial score (nSPS) is 16.5. The Labute approximate surface area is 198 Å². The van der Waals surface area contributed by atoms with E-state index in [1.165, 1.54) is 0 Å². The summed E-state index contributed by atoms with van der Waals surface area (Å²) in [5, 5.41) is 23.6. The lowest BCUT2D eigenvalue weighted by Crippen LogP contribution is -2.50. The van der Waals surface area contributed by atoms with E-state index in [1.54, 1.807) is 19.3 Å². The van der Waals surface area contributed by atoms with Crippen molar-refractivity contribution in [1.29, 1.82) is 0 Å². The number of phenols is 1. The first kappa shape index (κ1) is 22.4. The molecule has 34 heavy (non-hydrogen) atoms. The molecule has 0 radical (unpaired) electrons. The van der Waals surface area contributed by atoms with E-state index in [0.717, 1.165) is 31.7 Å². The summed E-state index contributed by atoms with van der Waals surface area (Å²) in [5.41, 5.74) is 2.13. The molecule has 0 aliphatic carbocycles. The van der Waals surface area contributed by atoms with Crippen molar-refractivity contribution >= 4 is 27.7 Å². The zero-order valence-electron chi connectivity index (χ0n) is 19.7. The van der Waals surface area contributed by atoms with Crippen LogP contribution in [-0.4, -0.2) is 63.2 Å². The first-order valence-electron chi connectivity index (χ1n) is 11.7. The fraction of sp³-hybridized carbons (Fsp3) is 0.333. The maximum atomic E-state index is 12.4. The Hall–Kier alpha value is -3.42. The number of aromatic carboxylic acids is 1. The zero-order chi connectivity index (χ0) is 24.0. The number of hydrogen-bond acceptors (Lipinski definition) is 6. The first-order chi connectivity index (χ1) is 16.4. The topological polar surface area (TPSA) is 90.0 Å². The molecule has 4 aromatic rings. The highest BCUT2D eigenvalue weighted by Gasteiger charge is 2.34. The number of rotatable bonds is 5. The number of benzene rings is 2. The second-order valence-corrected chi connectivity index (χ2v) is 9.20. The van der Waals surface area contributed by atoms with Crippen LogP contribution in [0.4, 0.5) is 0 Å². The van der Waals surface area contributed by atoms with Crippen LogP contribution in [-0.2, 0) is 0 Å². The highest BCUT2D eigenvalue weighted by atomic mass is 16.4. The van der Waals surface area contributed by atoms with E-state index in [0.29, 0.717) is 39.1 Å². The number of hydrogen-bond donors (Lipinski definition) is 2. The molecule has 1 atom stereocenters. The minimum absolute atomic E-state index is 0.0968. The number of furan rings is 1. The van der Waals surface area contributed by atoms with E-state index in [4.69, 9.17) is 4.42 Å². The van der Waals surface area contributed by atoms with Crippen LogP contribution >= 0.6 is 0 Å². The molecule has 2 aromatic carbocycles. The van der Waals surface area contributed by atoms with Gasteiger partial charge in [0.15, 0.2) is 0 Å². The third-order valence-electron chi connectivity index (χ3n) is 6.99. The number of nitrogens with zero attached hydrogens (tertiary/aromatic N) is 3. The summed E-state index contributed by atoms with van der Waals surface area (Å²) in [6.45, 7) is 9.43. The molecule has 5 rings (SSSR count). The molecule has 1 unspecified atom stereocenters. The minimum Gasteiger partial charge on any atom is -0.507 e. The van der Waals surface area contributed by atoms with Crippen molar-refractivity contribution in [2.24, 2.45) is 0 Å². The smallest absolute Gasteiger partial charge is 0.339 e. The van der Waals surface area contributed by atoms with Crippen LogP contribution in [0.1, 0.15) is 47.1 Å². The van der Waals surface area contributed by atoms with Crippen molar-refractivity contribution in [1.82, 2.24) is 14.8 Å². The fourth-order valence-corrected chi connectivity index (χ4v) is 5.28. The molecule has 176 valence electrons. The molecule has 1 saturated heterocycles. The third-order valence-corrected chi connectivity index (χ3v) is 6.99. The molecule has 1 fully saturated rings. The van der Waals surface area contributed by atoms with Crippen molar-refractivity contribution in [2.75, 3.05) is 26.2 Å². The van der Waals surface area contributed by atoms with Crippen molar-refractivity contribution in [2.45, 2.75) is 32.9 Å². The van der Waals surface area contributed by atoms with E-state index < -0.39 is 5.97 Å². The highest BCUT2D eigenvalue weighted by molar-refractivity contribution is 6.16. The molecule has 0 saturated carbocycles. The lowest BCUT2D eigenvalue weighted by atomic mass is 9.89. The van der Waals surface area contributed by atoms with E-state index in [9.17, 15) is 15.0 Å². The van der Waals surface area contributed by atoms with Gasteiger partial charge in [-0.3, -0.25) is 14.8 Å².